The summed E-state index contributed by atoms with van der Waals surface area (Å²) >= 11 is 0. The predicted molar refractivity (Wildman–Crippen MR) is 61.6 cm³/mol. The van der Waals surface area contributed by atoms with Gasteiger partial charge in [-0.1, -0.05) is 6.08 Å². The summed E-state index contributed by atoms with van der Waals surface area (Å²) in [5.74, 6) is 0. The van der Waals surface area contributed by atoms with Gasteiger partial charge in [-0.25, -0.2) is 0 Å². The van der Waals surface area contributed by atoms with Crippen LogP contribution in [0.15, 0.2) is 24.5 Å². The summed E-state index contributed by atoms with van der Waals surface area (Å²) in [5, 5.41) is 0. The summed E-state index contributed by atoms with van der Waals surface area (Å²) in [6.07, 6.45) is 10.1. The van der Waals surface area contributed by atoms with E-state index in [1.165, 1.54) is 49.1 Å². The first-order valence-electron chi connectivity index (χ1n) is 5.78. The first-order valence-corrected chi connectivity index (χ1v) is 5.78. The molecule has 0 saturated carbocycles. The van der Waals surface area contributed by atoms with E-state index < -0.39 is 0 Å². The molecule has 0 bridgehead atoms. The summed E-state index contributed by atoms with van der Waals surface area (Å²) in [7, 11) is 0. The fraction of sp³-hybridized carbons (Fsp3) is 0.462. The van der Waals surface area contributed by atoms with E-state index >= 15 is 0 Å². The second-order valence-electron chi connectivity index (χ2n) is 4.42. The van der Waals surface area contributed by atoms with Gasteiger partial charge in [-0.2, -0.15) is 0 Å². The van der Waals surface area contributed by atoms with Crippen molar-refractivity contribution in [2.75, 3.05) is 19.6 Å². The Hall–Kier alpha value is -1.15. The number of rotatable bonds is 2. The molecule has 0 N–H and O–H groups in total. The third-order valence-electron chi connectivity index (χ3n) is 3.47. The van der Waals surface area contributed by atoms with E-state index in [0.29, 0.717) is 0 Å². The molecule has 78 valence electrons. The number of pyridine rings is 1. The van der Waals surface area contributed by atoms with Crippen LogP contribution >= 0.6 is 0 Å². The Morgan fingerprint density at radius 1 is 1.33 bits per heavy atom. The second kappa shape index (κ2) is 3.78. The Labute approximate surface area is 90.6 Å². The highest BCUT2D eigenvalue weighted by Gasteiger charge is 2.17. The maximum absolute atomic E-state index is 4.21. The molecule has 1 fully saturated rings. The van der Waals surface area contributed by atoms with E-state index in [9.17, 15) is 0 Å². The second-order valence-corrected chi connectivity index (χ2v) is 4.42. The first kappa shape index (κ1) is 9.10. The zero-order valence-electron chi connectivity index (χ0n) is 8.95. The van der Waals surface area contributed by atoms with E-state index in [1.807, 2.05) is 12.4 Å². The SMILES string of the molecule is C(/CN1CCC1)=C1/CCc2ccncc21. The highest BCUT2D eigenvalue weighted by Crippen LogP contribution is 2.31. The Bertz CT molecular complexity index is 391. The number of aromatic nitrogens is 1. The standard InChI is InChI=1S/C13H16N2/c1-7-15(8-1)9-5-12-3-2-11-4-6-14-10-13(11)12/h4-6,10H,1-3,7-9H2/b12-5+. The molecular weight excluding hydrogens is 184 g/mol. The van der Waals surface area contributed by atoms with Crippen LogP contribution in [0.3, 0.4) is 0 Å². The molecule has 3 rings (SSSR count). The minimum atomic E-state index is 1.13. The lowest BCUT2D eigenvalue weighted by Gasteiger charge is -2.29. The van der Waals surface area contributed by atoms with E-state index in [2.05, 4.69) is 22.0 Å². The van der Waals surface area contributed by atoms with Gasteiger partial charge in [0.2, 0.25) is 0 Å². The summed E-state index contributed by atoms with van der Waals surface area (Å²) < 4.78 is 0. The lowest BCUT2D eigenvalue weighted by atomic mass is 10.1. The molecule has 0 atom stereocenters. The van der Waals surface area contributed by atoms with Crippen LogP contribution in [0.25, 0.3) is 5.57 Å². The minimum Gasteiger partial charge on any atom is -0.300 e. The van der Waals surface area contributed by atoms with Crippen LogP contribution in [0, 0.1) is 0 Å². The molecule has 1 aliphatic heterocycles. The number of hydrogen-bond donors (Lipinski definition) is 0. The average Bonchev–Trinajstić information content (AvgIpc) is 2.60. The third-order valence-corrected chi connectivity index (χ3v) is 3.47. The molecule has 1 saturated heterocycles. The van der Waals surface area contributed by atoms with Crippen LogP contribution in [-0.4, -0.2) is 29.5 Å². The smallest absolute Gasteiger partial charge is 0.0345 e. The van der Waals surface area contributed by atoms with Crippen LogP contribution in [-0.2, 0) is 6.42 Å². The predicted octanol–water partition coefficient (Wildman–Crippen LogP) is 2.12. The Kier molecular flexibility index (Phi) is 2.29. The van der Waals surface area contributed by atoms with Crippen LogP contribution in [0.4, 0.5) is 0 Å². The van der Waals surface area contributed by atoms with Crippen LogP contribution < -0.4 is 0 Å². The van der Waals surface area contributed by atoms with Gasteiger partial charge >= 0.3 is 0 Å². The Morgan fingerprint density at radius 3 is 3.07 bits per heavy atom. The highest BCUT2D eigenvalue weighted by atomic mass is 15.2. The molecule has 15 heavy (non-hydrogen) atoms. The topological polar surface area (TPSA) is 16.1 Å². The highest BCUT2D eigenvalue weighted by molar-refractivity contribution is 5.71. The monoisotopic (exact) mass is 200 g/mol. The van der Waals surface area contributed by atoms with Crippen molar-refractivity contribution in [1.82, 2.24) is 9.88 Å². The molecule has 1 aromatic heterocycles. The zero-order chi connectivity index (χ0) is 10.1. The van der Waals surface area contributed by atoms with Gasteiger partial charge in [0.25, 0.3) is 0 Å². The van der Waals surface area contributed by atoms with Gasteiger partial charge in [0.05, 0.1) is 0 Å². The van der Waals surface area contributed by atoms with Crippen molar-refractivity contribution in [2.45, 2.75) is 19.3 Å². The average molecular weight is 200 g/mol. The van der Waals surface area contributed by atoms with Gasteiger partial charge in [0, 0.05) is 18.9 Å². The summed E-state index contributed by atoms with van der Waals surface area (Å²) in [5.41, 5.74) is 4.36. The van der Waals surface area contributed by atoms with Crippen LogP contribution in [0.5, 0.6) is 0 Å². The van der Waals surface area contributed by atoms with Crippen molar-refractivity contribution in [3.8, 4) is 0 Å². The van der Waals surface area contributed by atoms with E-state index in [0.717, 1.165) is 6.54 Å². The number of fused-ring (bicyclic) bond motifs is 1. The van der Waals surface area contributed by atoms with Crippen molar-refractivity contribution in [3.05, 3.63) is 35.7 Å². The van der Waals surface area contributed by atoms with Gasteiger partial charge in [-0.15, -0.1) is 0 Å². The zero-order valence-corrected chi connectivity index (χ0v) is 8.95. The van der Waals surface area contributed by atoms with E-state index in [1.54, 1.807) is 0 Å². The normalized spacial score (nSPS) is 22.8. The lowest BCUT2D eigenvalue weighted by Crippen LogP contribution is -2.37. The molecule has 1 aromatic rings. The van der Waals surface area contributed by atoms with Gasteiger partial charge in [0.15, 0.2) is 0 Å². The Morgan fingerprint density at radius 2 is 2.27 bits per heavy atom. The molecular formula is C13H16N2. The number of likely N-dealkylation sites (tertiary alicyclic amines) is 1. The number of aryl methyl sites for hydroxylation is 1. The van der Waals surface area contributed by atoms with Crippen LogP contribution in [0.2, 0.25) is 0 Å². The van der Waals surface area contributed by atoms with Crippen LogP contribution in [0.1, 0.15) is 24.0 Å². The minimum absolute atomic E-state index is 1.13. The first-order chi connectivity index (χ1) is 7.43. The third kappa shape index (κ3) is 1.70. The molecule has 2 heteroatoms. The van der Waals surface area contributed by atoms with Gasteiger partial charge < -0.3 is 0 Å². The van der Waals surface area contributed by atoms with Gasteiger partial charge in [-0.3, -0.25) is 9.88 Å². The van der Waals surface area contributed by atoms with Crippen molar-refractivity contribution in [2.24, 2.45) is 0 Å². The Balaban J connectivity index is 1.77. The summed E-state index contributed by atoms with van der Waals surface area (Å²) in [6.45, 7) is 3.69. The maximum atomic E-state index is 4.21. The molecule has 2 heterocycles. The van der Waals surface area contributed by atoms with Crippen molar-refractivity contribution in [1.29, 1.82) is 0 Å². The summed E-state index contributed by atoms with van der Waals surface area (Å²) in [6, 6.07) is 2.15. The quantitative estimate of drug-likeness (QED) is 0.727. The molecule has 0 aromatic carbocycles. The van der Waals surface area contributed by atoms with E-state index in [4.69, 9.17) is 0 Å². The molecule has 0 spiro atoms. The fourth-order valence-corrected chi connectivity index (χ4v) is 2.35. The number of nitrogens with zero attached hydrogens (tertiary/aromatic N) is 2. The number of hydrogen-bond acceptors (Lipinski definition) is 2. The van der Waals surface area contributed by atoms with E-state index in [-0.39, 0.29) is 0 Å². The van der Waals surface area contributed by atoms with Crippen molar-refractivity contribution in [3.63, 3.8) is 0 Å². The molecule has 0 unspecified atom stereocenters. The largest absolute Gasteiger partial charge is 0.300 e. The maximum Gasteiger partial charge on any atom is 0.0345 e. The van der Waals surface area contributed by atoms with Gasteiger partial charge in [0.1, 0.15) is 0 Å². The molecule has 2 nitrogen and oxygen atoms in total. The fourth-order valence-electron chi connectivity index (χ4n) is 2.35. The molecule has 1 aliphatic carbocycles. The molecule has 2 aliphatic rings. The number of allylic oxidation sites excluding steroid dienone is 1. The summed E-state index contributed by atoms with van der Waals surface area (Å²) in [4.78, 5) is 6.70. The van der Waals surface area contributed by atoms with Gasteiger partial charge in [-0.05, 0) is 55.1 Å². The molecule has 0 radical (unpaired) electrons. The van der Waals surface area contributed by atoms with Crippen molar-refractivity contribution >= 4 is 5.57 Å². The molecule has 0 amide bonds. The lowest BCUT2D eigenvalue weighted by molar-refractivity contribution is 0.203. The van der Waals surface area contributed by atoms with Crippen molar-refractivity contribution < 1.29 is 0 Å².